The van der Waals surface area contributed by atoms with Gasteiger partial charge in [-0.3, -0.25) is 0 Å². The molecule has 19 heavy (non-hydrogen) atoms. The monoisotopic (exact) mass is 251 g/mol. The SMILES string of the molecule is O=C=Nc1cc2ccccc2c(N=C=O)c1N=C=O. The Morgan fingerprint density at radius 3 is 2.11 bits per heavy atom. The van der Waals surface area contributed by atoms with Gasteiger partial charge in [0.15, 0.2) is 0 Å². The summed E-state index contributed by atoms with van der Waals surface area (Å²) in [5.41, 5.74) is 0.192. The predicted molar refractivity (Wildman–Crippen MR) is 67.3 cm³/mol. The van der Waals surface area contributed by atoms with E-state index in [1.165, 1.54) is 18.2 Å². The van der Waals surface area contributed by atoms with Crippen LogP contribution in [0, 0.1) is 0 Å². The van der Waals surface area contributed by atoms with Gasteiger partial charge in [-0.05, 0) is 11.5 Å². The summed E-state index contributed by atoms with van der Waals surface area (Å²) in [6, 6.07) is 8.50. The minimum atomic E-state index is -0.0135. The highest BCUT2D eigenvalue weighted by Gasteiger charge is 2.12. The van der Waals surface area contributed by atoms with Gasteiger partial charge >= 0.3 is 0 Å². The fourth-order valence-corrected chi connectivity index (χ4v) is 1.75. The maximum absolute atomic E-state index is 10.5. The Kier molecular flexibility index (Phi) is 3.53. The molecule has 0 atom stereocenters. The Balaban J connectivity index is 3.02. The van der Waals surface area contributed by atoms with Gasteiger partial charge in [0.05, 0.1) is 0 Å². The summed E-state index contributed by atoms with van der Waals surface area (Å²) in [5.74, 6) is 0. The molecule has 0 heterocycles. The Bertz CT molecular complexity index is 794. The van der Waals surface area contributed by atoms with Gasteiger partial charge in [-0.2, -0.15) is 15.0 Å². The second-order valence-corrected chi connectivity index (χ2v) is 3.42. The summed E-state index contributed by atoms with van der Waals surface area (Å²) >= 11 is 0. The number of rotatable bonds is 3. The van der Waals surface area contributed by atoms with Gasteiger partial charge in [-0.25, -0.2) is 14.4 Å². The van der Waals surface area contributed by atoms with E-state index in [1.807, 2.05) is 0 Å². The van der Waals surface area contributed by atoms with Crippen LogP contribution in [0.5, 0.6) is 0 Å². The zero-order valence-corrected chi connectivity index (χ0v) is 9.45. The first-order valence-corrected chi connectivity index (χ1v) is 5.11. The van der Waals surface area contributed by atoms with E-state index < -0.39 is 0 Å². The van der Waals surface area contributed by atoms with Crippen LogP contribution in [-0.2, 0) is 14.4 Å². The number of fused-ring (bicyclic) bond motifs is 1. The minimum absolute atomic E-state index is 0.0135. The lowest BCUT2D eigenvalue weighted by molar-refractivity contribution is 0.564. The number of hydrogen-bond acceptors (Lipinski definition) is 6. The van der Waals surface area contributed by atoms with Crippen LogP contribution < -0.4 is 0 Å². The molecule has 0 aromatic heterocycles. The number of aliphatic imine (C=N–C) groups is 3. The molecule has 0 spiro atoms. The molecule has 0 N–H and O–H groups in total. The van der Waals surface area contributed by atoms with Gasteiger partial charge in [0.25, 0.3) is 0 Å². The van der Waals surface area contributed by atoms with Crippen LogP contribution in [0.3, 0.4) is 0 Å². The molecule has 2 aromatic rings. The Labute approximate surface area is 106 Å². The molecule has 2 rings (SSSR count). The largest absolute Gasteiger partial charge is 0.240 e. The van der Waals surface area contributed by atoms with E-state index in [2.05, 4.69) is 15.0 Å². The summed E-state index contributed by atoms with van der Waals surface area (Å²) in [6.45, 7) is 0. The predicted octanol–water partition coefficient (Wildman–Crippen LogP) is 2.74. The van der Waals surface area contributed by atoms with E-state index in [4.69, 9.17) is 0 Å². The van der Waals surface area contributed by atoms with E-state index in [0.29, 0.717) is 10.8 Å². The van der Waals surface area contributed by atoms with Gasteiger partial charge < -0.3 is 0 Å². The molecule has 0 aliphatic rings. The standard InChI is InChI=1S/C13H5N3O3/c17-6-14-11-5-9-3-1-2-4-10(9)12(15-7-18)13(11)16-8-19/h1-5H. The molecular weight excluding hydrogens is 246 g/mol. The molecule has 0 radical (unpaired) electrons. The number of benzene rings is 2. The fraction of sp³-hybridized carbons (Fsp3) is 0. The van der Waals surface area contributed by atoms with Crippen molar-refractivity contribution >= 4 is 46.1 Å². The summed E-state index contributed by atoms with van der Waals surface area (Å²) in [5, 5.41) is 1.28. The summed E-state index contributed by atoms with van der Waals surface area (Å²) in [4.78, 5) is 41.8. The number of nitrogens with zero attached hydrogens (tertiary/aromatic N) is 3. The summed E-state index contributed by atoms with van der Waals surface area (Å²) in [7, 11) is 0. The molecular formula is C13H5N3O3. The van der Waals surface area contributed by atoms with Crippen molar-refractivity contribution in [1.29, 1.82) is 0 Å². The molecule has 0 bridgehead atoms. The second kappa shape index (κ2) is 5.45. The topological polar surface area (TPSA) is 88.3 Å². The second-order valence-electron chi connectivity index (χ2n) is 3.42. The van der Waals surface area contributed by atoms with Gasteiger partial charge in [0.1, 0.15) is 17.1 Å². The van der Waals surface area contributed by atoms with Gasteiger partial charge in [0, 0.05) is 5.39 Å². The fourth-order valence-electron chi connectivity index (χ4n) is 1.75. The molecule has 90 valence electrons. The zero-order chi connectivity index (χ0) is 13.7. The molecule has 0 saturated heterocycles. The molecule has 2 aromatic carbocycles. The lowest BCUT2D eigenvalue weighted by Gasteiger charge is -2.05. The van der Waals surface area contributed by atoms with Crippen LogP contribution in [0.4, 0.5) is 17.1 Å². The Hall–Kier alpha value is -3.16. The highest BCUT2D eigenvalue weighted by Crippen LogP contribution is 2.43. The van der Waals surface area contributed by atoms with E-state index in [-0.39, 0.29) is 17.1 Å². The van der Waals surface area contributed by atoms with Crippen molar-refractivity contribution in [3.05, 3.63) is 30.3 Å². The Morgan fingerprint density at radius 1 is 0.789 bits per heavy atom. The first-order chi connectivity index (χ1) is 9.31. The van der Waals surface area contributed by atoms with E-state index in [9.17, 15) is 14.4 Å². The van der Waals surface area contributed by atoms with Crippen LogP contribution in [0.25, 0.3) is 10.8 Å². The maximum atomic E-state index is 10.5. The van der Waals surface area contributed by atoms with Crippen molar-refractivity contribution in [3.8, 4) is 0 Å². The van der Waals surface area contributed by atoms with Crippen molar-refractivity contribution in [3.63, 3.8) is 0 Å². The average Bonchev–Trinajstić information content (AvgIpc) is 2.43. The lowest BCUT2D eigenvalue weighted by Crippen LogP contribution is -1.78. The highest BCUT2D eigenvalue weighted by atomic mass is 16.1. The molecule has 0 aliphatic carbocycles. The molecule has 6 heteroatoms. The van der Waals surface area contributed by atoms with Crippen molar-refractivity contribution in [2.24, 2.45) is 15.0 Å². The lowest BCUT2D eigenvalue weighted by atomic mass is 10.1. The highest BCUT2D eigenvalue weighted by molar-refractivity contribution is 6.03. The van der Waals surface area contributed by atoms with Crippen LogP contribution in [0.2, 0.25) is 0 Å². The number of isocyanates is 3. The first-order valence-electron chi connectivity index (χ1n) is 5.11. The number of carbonyl (C=O) groups excluding carboxylic acids is 3. The molecule has 0 saturated carbocycles. The zero-order valence-electron chi connectivity index (χ0n) is 9.45. The summed E-state index contributed by atoms with van der Waals surface area (Å²) < 4.78 is 0. The van der Waals surface area contributed by atoms with Gasteiger partial charge in [0.2, 0.25) is 18.2 Å². The van der Waals surface area contributed by atoms with Crippen LogP contribution in [-0.4, -0.2) is 18.2 Å². The van der Waals surface area contributed by atoms with Crippen molar-refractivity contribution in [1.82, 2.24) is 0 Å². The van der Waals surface area contributed by atoms with Crippen molar-refractivity contribution < 1.29 is 14.4 Å². The van der Waals surface area contributed by atoms with Gasteiger partial charge in [-0.1, -0.05) is 24.3 Å². The molecule has 0 fully saturated rings. The third kappa shape index (κ3) is 2.27. The third-order valence-electron chi connectivity index (χ3n) is 2.46. The van der Waals surface area contributed by atoms with Crippen LogP contribution >= 0.6 is 0 Å². The maximum Gasteiger partial charge on any atom is 0.240 e. The molecule has 0 amide bonds. The number of hydrogen-bond donors (Lipinski definition) is 0. The normalized spacial score (nSPS) is 9.05. The third-order valence-corrected chi connectivity index (χ3v) is 2.46. The smallest absolute Gasteiger partial charge is 0.211 e. The van der Waals surface area contributed by atoms with E-state index >= 15 is 0 Å². The van der Waals surface area contributed by atoms with E-state index in [0.717, 1.165) is 0 Å². The minimum Gasteiger partial charge on any atom is -0.211 e. The molecule has 6 nitrogen and oxygen atoms in total. The average molecular weight is 251 g/mol. The summed E-state index contributed by atoms with van der Waals surface area (Å²) in [6.07, 6.45) is 4.09. The molecule has 0 unspecified atom stereocenters. The molecule has 0 aliphatic heterocycles. The Morgan fingerprint density at radius 2 is 1.42 bits per heavy atom. The van der Waals surface area contributed by atoms with Crippen molar-refractivity contribution in [2.45, 2.75) is 0 Å². The van der Waals surface area contributed by atoms with Gasteiger partial charge in [-0.15, -0.1) is 0 Å². The van der Waals surface area contributed by atoms with E-state index in [1.54, 1.807) is 30.3 Å². The van der Waals surface area contributed by atoms with Crippen LogP contribution in [0.1, 0.15) is 0 Å². The first kappa shape index (κ1) is 12.3. The quantitative estimate of drug-likeness (QED) is 0.620. The van der Waals surface area contributed by atoms with Crippen LogP contribution in [0.15, 0.2) is 45.3 Å². The van der Waals surface area contributed by atoms with Crippen molar-refractivity contribution in [2.75, 3.05) is 0 Å².